The molecule has 0 atom stereocenters. The Balaban J connectivity index is 2.72. The van der Waals surface area contributed by atoms with Crippen LogP contribution in [0.3, 0.4) is 0 Å². The first-order valence-electron chi connectivity index (χ1n) is 3.60. The van der Waals surface area contributed by atoms with Gasteiger partial charge in [-0.05, 0) is 34.5 Å². The summed E-state index contributed by atoms with van der Waals surface area (Å²) in [5, 5.41) is 8.50. The van der Waals surface area contributed by atoms with Crippen molar-refractivity contribution in [1.82, 2.24) is 4.98 Å². The van der Waals surface area contributed by atoms with Crippen LogP contribution in [0.25, 0.3) is 0 Å². The Morgan fingerprint density at radius 3 is 3.00 bits per heavy atom. The van der Waals surface area contributed by atoms with E-state index >= 15 is 0 Å². The van der Waals surface area contributed by atoms with Crippen molar-refractivity contribution in [2.45, 2.75) is 6.92 Å². The number of hydrogen-bond acceptors (Lipinski definition) is 3. The molecule has 1 aromatic heterocycles. The first-order valence-corrected chi connectivity index (χ1v) is 4.39. The van der Waals surface area contributed by atoms with E-state index in [1.807, 2.05) is 13.0 Å². The fourth-order valence-electron chi connectivity index (χ4n) is 0.770. The molecule has 0 aromatic carbocycles. The van der Waals surface area contributed by atoms with E-state index in [9.17, 15) is 0 Å². The molecule has 4 heteroatoms. The molecule has 1 rings (SSSR count). The largest absolute Gasteiger partial charge is 0.474 e. The zero-order valence-electron chi connectivity index (χ0n) is 6.75. The van der Waals surface area contributed by atoms with Crippen molar-refractivity contribution in [3.63, 3.8) is 0 Å². The normalized spacial score (nSPS) is 9.92. The average Bonchev–Trinajstić information content (AvgIpc) is 2.03. The number of rotatable bonds is 3. The number of aliphatic hydroxyl groups is 1. The molecule has 0 bridgehead atoms. The number of pyridine rings is 1. The molecule has 66 valence electrons. The zero-order chi connectivity index (χ0) is 8.97. The molecule has 0 radical (unpaired) electrons. The number of halogens is 1. The van der Waals surface area contributed by atoms with Gasteiger partial charge in [0.2, 0.25) is 5.88 Å². The minimum absolute atomic E-state index is 0.00198. The van der Waals surface area contributed by atoms with Crippen LogP contribution in [0.5, 0.6) is 5.88 Å². The maximum absolute atomic E-state index is 8.50. The second kappa shape index (κ2) is 4.42. The van der Waals surface area contributed by atoms with Crippen LogP contribution in [0.1, 0.15) is 5.56 Å². The predicted octanol–water partition coefficient (Wildman–Crippen LogP) is 1.52. The maximum Gasteiger partial charge on any atom is 0.228 e. The van der Waals surface area contributed by atoms with Crippen molar-refractivity contribution in [2.75, 3.05) is 13.2 Å². The van der Waals surface area contributed by atoms with Crippen molar-refractivity contribution in [3.05, 3.63) is 22.3 Å². The summed E-state index contributed by atoms with van der Waals surface area (Å²) in [6.07, 6.45) is 1.72. The number of ether oxygens (including phenoxy) is 1. The minimum Gasteiger partial charge on any atom is -0.474 e. The van der Waals surface area contributed by atoms with Gasteiger partial charge in [-0.2, -0.15) is 0 Å². The second-order valence-electron chi connectivity index (χ2n) is 2.37. The highest BCUT2D eigenvalue weighted by molar-refractivity contribution is 9.10. The van der Waals surface area contributed by atoms with Crippen LogP contribution in [-0.4, -0.2) is 23.3 Å². The van der Waals surface area contributed by atoms with Crippen molar-refractivity contribution >= 4 is 15.9 Å². The molecule has 0 aliphatic carbocycles. The van der Waals surface area contributed by atoms with Gasteiger partial charge in [-0.1, -0.05) is 0 Å². The fraction of sp³-hybridized carbons (Fsp3) is 0.375. The third kappa shape index (κ3) is 2.46. The monoisotopic (exact) mass is 231 g/mol. The van der Waals surface area contributed by atoms with Gasteiger partial charge >= 0.3 is 0 Å². The third-order valence-corrected chi connectivity index (χ3v) is 1.84. The molecule has 0 fully saturated rings. The van der Waals surface area contributed by atoms with Crippen molar-refractivity contribution < 1.29 is 9.84 Å². The lowest BCUT2D eigenvalue weighted by Gasteiger charge is -2.04. The molecule has 0 unspecified atom stereocenters. The molecule has 0 amide bonds. The Morgan fingerprint density at radius 1 is 1.67 bits per heavy atom. The van der Waals surface area contributed by atoms with E-state index in [2.05, 4.69) is 20.9 Å². The van der Waals surface area contributed by atoms with Crippen molar-refractivity contribution in [1.29, 1.82) is 0 Å². The molecular formula is C8H10BrNO2. The average molecular weight is 232 g/mol. The lowest BCUT2D eigenvalue weighted by molar-refractivity contribution is 0.196. The Bertz CT molecular complexity index is 265. The van der Waals surface area contributed by atoms with E-state index in [4.69, 9.17) is 9.84 Å². The Kier molecular flexibility index (Phi) is 3.49. The molecule has 1 aromatic rings. The number of aryl methyl sites for hydroxylation is 1. The van der Waals surface area contributed by atoms with Gasteiger partial charge < -0.3 is 9.84 Å². The molecule has 0 aliphatic rings. The SMILES string of the molecule is Cc1cnc(OCCO)c(Br)c1. The molecule has 0 saturated heterocycles. The Morgan fingerprint density at radius 2 is 2.42 bits per heavy atom. The summed E-state index contributed by atoms with van der Waals surface area (Å²) in [5.74, 6) is 0.523. The molecule has 0 aliphatic heterocycles. The van der Waals surface area contributed by atoms with Crippen molar-refractivity contribution in [2.24, 2.45) is 0 Å². The maximum atomic E-state index is 8.50. The number of nitrogens with zero attached hydrogens (tertiary/aromatic N) is 1. The number of hydrogen-bond donors (Lipinski definition) is 1. The summed E-state index contributed by atoms with van der Waals surface area (Å²) >= 11 is 3.31. The summed E-state index contributed by atoms with van der Waals surface area (Å²) in [6, 6.07) is 1.92. The van der Waals surface area contributed by atoms with Gasteiger partial charge in [0.1, 0.15) is 6.61 Å². The van der Waals surface area contributed by atoms with Gasteiger partial charge in [0, 0.05) is 6.20 Å². The molecule has 0 saturated carbocycles. The summed E-state index contributed by atoms with van der Waals surface area (Å²) in [5.41, 5.74) is 1.07. The highest BCUT2D eigenvalue weighted by Crippen LogP contribution is 2.22. The lowest BCUT2D eigenvalue weighted by Crippen LogP contribution is -2.03. The summed E-state index contributed by atoms with van der Waals surface area (Å²) in [7, 11) is 0. The van der Waals surface area contributed by atoms with E-state index in [0.717, 1.165) is 10.0 Å². The quantitative estimate of drug-likeness (QED) is 0.859. The highest BCUT2D eigenvalue weighted by atomic mass is 79.9. The van der Waals surface area contributed by atoms with Crippen LogP contribution in [0.2, 0.25) is 0 Å². The van der Waals surface area contributed by atoms with Gasteiger partial charge in [-0.15, -0.1) is 0 Å². The highest BCUT2D eigenvalue weighted by Gasteiger charge is 2.01. The second-order valence-corrected chi connectivity index (χ2v) is 3.23. The van der Waals surface area contributed by atoms with E-state index in [1.165, 1.54) is 0 Å². The zero-order valence-corrected chi connectivity index (χ0v) is 8.34. The minimum atomic E-state index is 0.00198. The summed E-state index contributed by atoms with van der Waals surface area (Å²) in [6.45, 7) is 2.23. The van der Waals surface area contributed by atoms with Crippen LogP contribution in [0.15, 0.2) is 16.7 Å². The summed E-state index contributed by atoms with van der Waals surface area (Å²) < 4.78 is 5.95. The van der Waals surface area contributed by atoms with Gasteiger partial charge in [0.05, 0.1) is 11.1 Å². The first-order chi connectivity index (χ1) is 5.74. The summed E-state index contributed by atoms with van der Waals surface area (Å²) in [4.78, 5) is 4.04. The molecule has 12 heavy (non-hydrogen) atoms. The van der Waals surface area contributed by atoms with Crippen LogP contribution in [-0.2, 0) is 0 Å². The standard InChI is InChI=1S/C8H10BrNO2/c1-6-4-7(9)8(10-5-6)12-3-2-11/h4-5,11H,2-3H2,1H3. The third-order valence-electron chi connectivity index (χ3n) is 1.27. The Labute approximate surface area is 79.5 Å². The number of aliphatic hydroxyl groups excluding tert-OH is 1. The van der Waals surface area contributed by atoms with Crippen LogP contribution in [0, 0.1) is 6.92 Å². The smallest absolute Gasteiger partial charge is 0.228 e. The first kappa shape index (κ1) is 9.48. The van der Waals surface area contributed by atoms with Gasteiger partial charge in [0.25, 0.3) is 0 Å². The van der Waals surface area contributed by atoms with Crippen LogP contribution in [0.4, 0.5) is 0 Å². The lowest BCUT2D eigenvalue weighted by atomic mass is 10.3. The van der Waals surface area contributed by atoms with E-state index in [-0.39, 0.29) is 13.2 Å². The molecular weight excluding hydrogens is 222 g/mol. The van der Waals surface area contributed by atoms with E-state index < -0.39 is 0 Å². The van der Waals surface area contributed by atoms with Gasteiger partial charge in [-0.3, -0.25) is 0 Å². The molecule has 1 N–H and O–H groups in total. The van der Waals surface area contributed by atoms with Gasteiger partial charge in [-0.25, -0.2) is 4.98 Å². The van der Waals surface area contributed by atoms with Crippen molar-refractivity contribution in [3.8, 4) is 5.88 Å². The van der Waals surface area contributed by atoms with E-state index in [0.29, 0.717) is 5.88 Å². The molecule has 1 heterocycles. The number of aromatic nitrogens is 1. The Hall–Kier alpha value is -0.610. The van der Waals surface area contributed by atoms with E-state index in [1.54, 1.807) is 6.20 Å². The topological polar surface area (TPSA) is 42.4 Å². The predicted molar refractivity (Wildman–Crippen MR) is 49.3 cm³/mol. The fourth-order valence-corrected chi connectivity index (χ4v) is 1.35. The van der Waals surface area contributed by atoms with Gasteiger partial charge in [0.15, 0.2) is 0 Å². The van der Waals surface area contributed by atoms with Crippen LogP contribution < -0.4 is 4.74 Å². The molecule has 3 nitrogen and oxygen atoms in total. The van der Waals surface area contributed by atoms with Crippen LogP contribution >= 0.6 is 15.9 Å². The molecule has 0 spiro atoms.